The summed E-state index contributed by atoms with van der Waals surface area (Å²) in [6.45, 7) is 7.04. The van der Waals surface area contributed by atoms with Crippen LogP contribution in [-0.2, 0) is 9.53 Å². The smallest absolute Gasteiger partial charge is 0.328 e. The van der Waals surface area contributed by atoms with Gasteiger partial charge >= 0.3 is 5.97 Å². The Hall–Kier alpha value is -1.85. The van der Waals surface area contributed by atoms with E-state index >= 15 is 0 Å². The van der Waals surface area contributed by atoms with Crippen LogP contribution in [0.25, 0.3) is 0 Å². The first kappa shape index (κ1) is 16.2. The highest BCUT2D eigenvalue weighted by molar-refractivity contribution is 5.78. The van der Waals surface area contributed by atoms with Gasteiger partial charge in [-0.25, -0.2) is 9.78 Å². The zero-order chi connectivity index (χ0) is 15.0. The lowest BCUT2D eigenvalue weighted by Crippen LogP contribution is -2.32. The summed E-state index contributed by atoms with van der Waals surface area (Å²) in [4.78, 5) is 20.3. The minimum absolute atomic E-state index is 0.285. The first-order valence-electron chi connectivity index (χ1n) is 6.97. The van der Waals surface area contributed by atoms with E-state index in [4.69, 9.17) is 4.74 Å². The molecule has 0 fully saturated rings. The Kier molecular flexibility index (Phi) is 6.76. The normalized spacial score (nSPS) is 12.1. The van der Waals surface area contributed by atoms with Crippen molar-refractivity contribution in [2.24, 2.45) is 5.92 Å². The monoisotopic (exact) mass is 280 g/mol. The van der Waals surface area contributed by atoms with Gasteiger partial charge in [-0.15, -0.1) is 0 Å². The highest BCUT2D eigenvalue weighted by Gasteiger charge is 2.20. The van der Waals surface area contributed by atoms with Gasteiger partial charge in [0.2, 0.25) is 0 Å². The number of esters is 1. The zero-order valence-corrected chi connectivity index (χ0v) is 12.6. The summed E-state index contributed by atoms with van der Waals surface area (Å²) >= 11 is 0. The van der Waals surface area contributed by atoms with Crippen molar-refractivity contribution in [1.29, 1.82) is 0 Å². The van der Waals surface area contributed by atoms with Crippen LogP contribution in [0.3, 0.4) is 0 Å². The fourth-order valence-corrected chi connectivity index (χ4v) is 1.78. The molecule has 0 saturated carbocycles. The molecule has 0 saturated heterocycles. The highest BCUT2D eigenvalue weighted by atomic mass is 16.5. The van der Waals surface area contributed by atoms with E-state index in [-0.39, 0.29) is 5.97 Å². The minimum atomic E-state index is -0.407. The molecule has 0 radical (unpaired) electrons. The highest BCUT2D eigenvalue weighted by Crippen LogP contribution is 2.13. The molecule has 1 rings (SSSR count). The van der Waals surface area contributed by atoms with E-state index in [1.807, 2.05) is 0 Å². The molecular weight excluding hydrogens is 256 g/mol. The second-order valence-electron chi connectivity index (χ2n) is 5.07. The van der Waals surface area contributed by atoms with Crippen molar-refractivity contribution in [2.45, 2.75) is 39.7 Å². The van der Waals surface area contributed by atoms with Gasteiger partial charge in [-0.1, -0.05) is 20.8 Å². The predicted molar refractivity (Wildman–Crippen MR) is 79.7 cm³/mol. The second kappa shape index (κ2) is 8.35. The summed E-state index contributed by atoms with van der Waals surface area (Å²) in [6.07, 6.45) is 4.96. The summed E-state index contributed by atoms with van der Waals surface area (Å²) in [6, 6.07) is -0.407. The van der Waals surface area contributed by atoms with E-state index in [0.717, 1.165) is 13.0 Å². The molecule has 0 aliphatic rings. The average Bonchev–Trinajstić information content (AvgIpc) is 2.43. The van der Waals surface area contributed by atoms with Gasteiger partial charge in [-0.2, -0.15) is 0 Å². The maximum atomic E-state index is 11.8. The molecule has 0 spiro atoms. The Labute approximate surface area is 120 Å². The summed E-state index contributed by atoms with van der Waals surface area (Å²) in [5.74, 6) is 1.36. The number of methoxy groups -OCH3 is 1. The number of anilines is 2. The molecule has 1 aromatic heterocycles. The molecule has 0 aromatic carbocycles. The molecule has 6 heteroatoms. The topological polar surface area (TPSA) is 76.1 Å². The van der Waals surface area contributed by atoms with E-state index in [9.17, 15) is 4.79 Å². The van der Waals surface area contributed by atoms with Crippen molar-refractivity contribution < 1.29 is 9.53 Å². The molecule has 0 aliphatic heterocycles. The van der Waals surface area contributed by atoms with Crippen LogP contribution in [0.2, 0.25) is 0 Å². The largest absolute Gasteiger partial charge is 0.467 e. The SMILES string of the molecule is CCCNc1cncc(NC(CC(C)C)C(=O)OC)n1. The van der Waals surface area contributed by atoms with Crippen LogP contribution < -0.4 is 10.6 Å². The summed E-state index contributed by atoms with van der Waals surface area (Å²) in [5, 5.41) is 6.25. The Morgan fingerprint density at radius 1 is 1.35 bits per heavy atom. The third-order valence-corrected chi connectivity index (χ3v) is 2.71. The van der Waals surface area contributed by atoms with Gasteiger partial charge in [0, 0.05) is 6.54 Å². The molecule has 0 aliphatic carbocycles. The minimum Gasteiger partial charge on any atom is -0.467 e. The van der Waals surface area contributed by atoms with Crippen LogP contribution in [0.5, 0.6) is 0 Å². The third-order valence-electron chi connectivity index (χ3n) is 2.71. The van der Waals surface area contributed by atoms with Crippen molar-refractivity contribution in [1.82, 2.24) is 9.97 Å². The van der Waals surface area contributed by atoms with E-state index in [0.29, 0.717) is 24.0 Å². The molecule has 2 N–H and O–H groups in total. The number of ether oxygens (including phenoxy) is 1. The molecule has 1 aromatic rings. The lowest BCUT2D eigenvalue weighted by atomic mass is 10.0. The van der Waals surface area contributed by atoms with Crippen LogP contribution in [-0.4, -0.2) is 35.6 Å². The van der Waals surface area contributed by atoms with E-state index < -0.39 is 6.04 Å². The number of hydrogen-bond acceptors (Lipinski definition) is 6. The molecule has 1 unspecified atom stereocenters. The first-order valence-corrected chi connectivity index (χ1v) is 6.97. The molecule has 112 valence electrons. The van der Waals surface area contributed by atoms with Gasteiger partial charge in [-0.3, -0.25) is 4.98 Å². The fourth-order valence-electron chi connectivity index (χ4n) is 1.78. The second-order valence-corrected chi connectivity index (χ2v) is 5.07. The van der Waals surface area contributed by atoms with Crippen LogP contribution in [0.1, 0.15) is 33.6 Å². The number of rotatable bonds is 8. The van der Waals surface area contributed by atoms with Crippen molar-refractivity contribution in [3.8, 4) is 0 Å². The van der Waals surface area contributed by atoms with Gasteiger partial charge in [0.25, 0.3) is 0 Å². The van der Waals surface area contributed by atoms with Crippen LogP contribution in [0.15, 0.2) is 12.4 Å². The van der Waals surface area contributed by atoms with E-state index in [1.54, 1.807) is 12.4 Å². The molecule has 0 bridgehead atoms. The van der Waals surface area contributed by atoms with Gasteiger partial charge in [0.1, 0.15) is 17.7 Å². The lowest BCUT2D eigenvalue weighted by Gasteiger charge is -2.18. The van der Waals surface area contributed by atoms with Gasteiger partial charge in [-0.05, 0) is 18.8 Å². The number of aromatic nitrogens is 2. The third kappa shape index (κ3) is 5.42. The van der Waals surface area contributed by atoms with E-state index in [1.165, 1.54) is 7.11 Å². The zero-order valence-electron chi connectivity index (χ0n) is 12.6. The first-order chi connectivity index (χ1) is 9.56. The number of nitrogens with one attached hydrogen (secondary N) is 2. The quantitative estimate of drug-likeness (QED) is 0.712. The molecule has 6 nitrogen and oxygen atoms in total. The Balaban J connectivity index is 2.74. The van der Waals surface area contributed by atoms with Gasteiger partial charge in [0.15, 0.2) is 0 Å². The molecule has 20 heavy (non-hydrogen) atoms. The van der Waals surface area contributed by atoms with Crippen molar-refractivity contribution >= 4 is 17.6 Å². The predicted octanol–water partition coefficient (Wildman–Crippen LogP) is 2.30. The van der Waals surface area contributed by atoms with E-state index in [2.05, 4.69) is 41.4 Å². The number of nitrogens with zero attached hydrogens (tertiary/aromatic N) is 2. The molecule has 0 amide bonds. The number of carbonyl (C=O) groups excluding carboxylic acids is 1. The molecular formula is C14H24N4O2. The molecule has 1 atom stereocenters. The Morgan fingerprint density at radius 2 is 2.05 bits per heavy atom. The van der Waals surface area contributed by atoms with Crippen LogP contribution in [0.4, 0.5) is 11.6 Å². The average molecular weight is 280 g/mol. The standard InChI is InChI=1S/C14H24N4O2/c1-5-6-16-12-8-15-9-13(18-12)17-11(7-10(2)3)14(19)20-4/h8-11H,5-7H2,1-4H3,(H2,16,17,18). The van der Waals surface area contributed by atoms with Crippen molar-refractivity contribution in [2.75, 3.05) is 24.3 Å². The van der Waals surface area contributed by atoms with Gasteiger partial charge < -0.3 is 15.4 Å². The van der Waals surface area contributed by atoms with Crippen molar-refractivity contribution in [3.63, 3.8) is 0 Å². The van der Waals surface area contributed by atoms with Gasteiger partial charge in [0.05, 0.1) is 19.5 Å². The van der Waals surface area contributed by atoms with Crippen LogP contribution in [0, 0.1) is 5.92 Å². The number of hydrogen-bond donors (Lipinski definition) is 2. The summed E-state index contributed by atoms with van der Waals surface area (Å²) in [5.41, 5.74) is 0. The fraction of sp³-hybridized carbons (Fsp3) is 0.643. The maximum Gasteiger partial charge on any atom is 0.328 e. The summed E-state index contributed by atoms with van der Waals surface area (Å²) in [7, 11) is 1.39. The maximum absolute atomic E-state index is 11.8. The lowest BCUT2D eigenvalue weighted by molar-refractivity contribution is -0.141. The Bertz CT molecular complexity index is 423. The van der Waals surface area contributed by atoms with Crippen molar-refractivity contribution in [3.05, 3.63) is 12.4 Å². The Morgan fingerprint density at radius 3 is 2.65 bits per heavy atom. The molecule has 1 heterocycles. The number of carbonyl (C=O) groups is 1. The van der Waals surface area contributed by atoms with Crippen LogP contribution >= 0.6 is 0 Å². The summed E-state index contributed by atoms with van der Waals surface area (Å²) < 4.78 is 4.82.